The van der Waals surface area contributed by atoms with E-state index in [0.29, 0.717) is 5.02 Å². The molecule has 0 saturated carbocycles. The van der Waals surface area contributed by atoms with Crippen molar-refractivity contribution >= 4 is 45.9 Å². The van der Waals surface area contributed by atoms with Crippen LogP contribution < -0.4 is 10.7 Å². The molecule has 8 heteroatoms. The van der Waals surface area contributed by atoms with Crippen molar-refractivity contribution in [2.45, 2.75) is 16.0 Å². The average Bonchev–Trinajstić information content (AvgIpc) is 3.36. The summed E-state index contributed by atoms with van der Waals surface area (Å²) in [7, 11) is 0. The topological polar surface area (TPSA) is 80.5 Å². The SMILES string of the molecule is NC1c2ccccc2C(c2ccc(Cl)cn2)=NN1c1ccc(Sc2ccnc3ccoc23)cc1. The number of rotatable bonds is 4. The van der Waals surface area contributed by atoms with Gasteiger partial charge in [0.2, 0.25) is 0 Å². The fourth-order valence-electron chi connectivity index (χ4n) is 3.97. The van der Waals surface area contributed by atoms with Crippen molar-refractivity contribution in [2.24, 2.45) is 10.8 Å². The molecule has 0 saturated heterocycles. The van der Waals surface area contributed by atoms with Crippen LogP contribution in [0.1, 0.15) is 23.0 Å². The number of hydrogen-bond donors (Lipinski definition) is 1. The largest absolute Gasteiger partial charge is 0.461 e. The lowest BCUT2D eigenvalue weighted by atomic mass is 9.96. The van der Waals surface area contributed by atoms with E-state index in [-0.39, 0.29) is 0 Å². The van der Waals surface area contributed by atoms with E-state index >= 15 is 0 Å². The summed E-state index contributed by atoms with van der Waals surface area (Å²) >= 11 is 7.68. The fraction of sp³-hybridized carbons (Fsp3) is 0.0385. The molecule has 2 aromatic carbocycles. The van der Waals surface area contributed by atoms with Gasteiger partial charge in [-0.05, 0) is 42.5 Å². The number of anilines is 1. The zero-order chi connectivity index (χ0) is 23.1. The van der Waals surface area contributed by atoms with E-state index in [1.54, 1.807) is 30.4 Å². The maximum Gasteiger partial charge on any atom is 0.166 e. The third-order valence-electron chi connectivity index (χ3n) is 5.61. The summed E-state index contributed by atoms with van der Waals surface area (Å²) in [4.78, 5) is 10.9. The molecule has 1 unspecified atom stereocenters. The van der Waals surface area contributed by atoms with E-state index in [0.717, 1.165) is 49.1 Å². The number of benzene rings is 2. The molecule has 0 bridgehead atoms. The highest BCUT2D eigenvalue weighted by Crippen LogP contribution is 2.36. The number of nitrogens with zero attached hydrogens (tertiary/aromatic N) is 4. The number of aromatic nitrogens is 2. The van der Waals surface area contributed by atoms with E-state index in [4.69, 9.17) is 26.9 Å². The van der Waals surface area contributed by atoms with Crippen molar-refractivity contribution in [3.05, 3.63) is 113 Å². The summed E-state index contributed by atoms with van der Waals surface area (Å²) in [6.07, 6.45) is 4.65. The molecule has 2 N–H and O–H groups in total. The molecule has 0 aliphatic carbocycles. The van der Waals surface area contributed by atoms with E-state index < -0.39 is 6.17 Å². The minimum Gasteiger partial charge on any atom is -0.461 e. The molecule has 4 heterocycles. The van der Waals surface area contributed by atoms with Gasteiger partial charge in [0.1, 0.15) is 17.4 Å². The van der Waals surface area contributed by atoms with E-state index in [1.807, 2.05) is 65.7 Å². The summed E-state index contributed by atoms with van der Waals surface area (Å²) in [5.41, 5.74) is 12.6. The highest BCUT2D eigenvalue weighted by molar-refractivity contribution is 7.99. The summed E-state index contributed by atoms with van der Waals surface area (Å²) in [5, 5.41) is 7.32. The Hall–Kier alpha value is -3.65. The summed E-state index contributed by atoms with van der Waals surface area (Å²) in [6.45, 7) is 0. The number of furan rings is 1. The quantitative estimate of drug-likeness (QED) is 0.325. The van der Waals surface area contributed by atoms with Crippen molar-refractivity contribution in [2.75, 3.05) is 5.01 Å². The first-order valence-electron chi connectivity index (χ1n) is 10.6. The van der Waals surface area contributed by atoms with E-state index in [9.17, 15) is 0 Å². The Balaban J connectivity index is 1.35. The second-order valence-corrected chi connectivity index (χ2v) is 9.28. The lowest BCUT2D eigenvalue weighted by Gasteiger charge is -2.33. The molecular weight excluding hydrogens is 466 g/mol. The molecule has 0 amide bonds. The second kappa shape index (κ2) is 8.61. The Labute approximate surface area is 205 Å². The number of nitrogens with two attached hydrogens (primary N) is 1. The predicted octanol–water partition coefficient (Wildman–Crippen LogP) is 6.26. The maximum atomic E-state index is 6.65. The Morgan fingerprint density at radius 2 is 1.79 bits per heavy atom. The van der Waals surface area contributed by atoms with Crippen LogP contribution in [0, 0.1) is 0 Å². The van der Waals surface area contributed by atoms with Gasteiger partial charge in [-0.15, -0.1) is 0 Å². The van der Waals surface area contributed by atoms with Crippen LogP contribution in [0.25, 0.3) is 11.1 Å². The van der Waals surface area contributed by atoms with Gasteiger partial charge in [0.05, 0.1) is 27.6 Å². The van der Waals surface area contributed by atoms with Crippen LogP contribution in [0.2, 0.25) is 5.02 Å². The molecule has 0 radical (unpaired) electrons. The summed E-state index contributed by atoms with van der Waals surface area (Å²) in [5.74, 6) is 0. The minimum absolute atomic E-state index is 0.423. The molecule has 166 valence electrons. The standard InChI is InChI=1S/C26H18ClN5OS/c27-16-5-10-21(30-15-16)24-19-3-1-2-4-20(19)26(28)32(31-24)17-6-8-18(9-7-17)34-23-11-13-29-22-12-14-33-25(22)23/h1-15,26H,28H2. The number of hydrazone groups is 1. The van der Waals surface area contributed by atoms with Gasteiger partial charge in [-0.25, -0.2) is 5.01 Å². The Morgan fingerprint density at radius 1 is 0.941 bits per heavy atom. The van der Waals surface area contributed by atoms with Gasteiger partial charge in [0, 0.05) is 34.5 Å². The van der Waals surface area contributed by atoms with Crippen LogP contribution in [-0.2, 0) is 0 Å². The molecule has 0 spiro atoms. The van der Waals surface area contributed by atoms with Gasteiger partial charge in [-0.2, -0.15) is 5.10 Å². The van der Waals surface area contributed by atoms with Crippen molar-refractivity contribution in [3.8, 4) is 0 Å². The van der Waals surface area contributed by atoms with Gasteiger partial charge in [0.15, 0.2) is 5.58 Å². The minimum atomic E-state index is -0.423. The molecule has 0 fully saturated rings. The average molecular weight is 484 g/mol. The van der Waals surface area contributed by atoms with Gasteiger partial charge in [0.25, 0.3) is 0 Å². The normalized spacial score (nSPS) is 15.3. The summed E-state index contributed by atoms with van der Waals surface area (Å²) in [6, 6.07) is 23.7. The smallest absolute Gasteiger partial charge is 0.166 e. The molecule has 6 rings (SSSR count). The molecule has 1 aliphatic heterocycles. The second-order valence-electron chi connectivity index (χ2n) is 7.73. The van der Waals surface area contributed by atoms with E-state index in [1.165, 1.54) is 0 Å². The third kappa shape index (κ3) is 3.74. The fourth-order valence-corrected chi connectivity index (χ4v) is 4.99. The monoisotopic (exact) mass is 483 g/mol. The lowest BCUT2D eigenvalue weighted by molar-refractivity contribution is 0.608. The molecule has 1 atom stereocenters. The molecule has 3 aromatic heterocycles. The first-order chi connectivity index (χ1) is 16.7. The number of halogens is 1. The van der Waals surface area contributed by atoms with Gasteiger partial charge < -0.3 is 10.2 Å². The van der Waals surface area contributed by atoms with Crippen molar-refractivity contribution < 1.29 is 4.42 Å². The van der Waals surface area contributed by atoms with Gasteiger partial charge >= 0.3 is 0 Å². The third-order valence-corrected chi connectivity index (χ3v) is 6.89. The highest BCUT2D eigenvalue weighted by Gasteiger charge is 2.28. The van der Waals surface area contributed by atoms with Crippen molar-refractivity contribution in [1.29, 1.82) is 0 Å². The van der Waals surface area contributed by atoms with E-state index in [2.05, 4.69) is 22.1 Å². The number of pyridine rings is 2. The van der Waals surface area contributed by atoms with Crippen LogP contribution in [0.3, 0.4) is 0 Å². The van der Waals surface area contributed by atoms with Crippen LogP contribution in [-0.4, -0.2) is 15.7 Å². The molecule has 1 aliphatic rings. The van der Waals surface area contributed by atoms with Crippen LogP contribution >= 0.6 is 23.4 Å². The molecule has 5 aromatic rings. The Kier molecular flexibility index (Phi) is 5.30. The van der Waals surface area contributed by atoms with Gasteiger partial charge in [-0.1, -0.05) is 47.6 Å². The first kappa shape index (κ1) is 20.9. The van der Waals surface area contributed by atoms with Gasteiger partial charge in [-0.3, -0.25) is 9.97 Å². The van der Waals surface area contributed by atoms with Crippen LogP contribution in [0.4, 0.5) is 5.69 Å². The zero-order valence-electron chi connectivity index (χ0n) is 17.8. The highest BCUT2D eigenvalue weighted by atomic mass is 35.5. The maximum absolute atomic E-state index is 6.65. The van der Waals surface area contributed by atoms with Crippen molar-refractivity contribution in [3.63, 3.8) is 0 Å². The number of hydrogen-bond acceptors (Lipinski definition) is 7. The zero-order valence-corrected chi connectivity index (χ0v) is 19.4. The predicted molar refractivity (Wildman–Crippen MR) is 135 cm³/mol. The Bertz CT molecular complexity index is 1510. The van der Waals surface area contributed by atoms with Crippen molar-refractivity contribution in [1.82, 2.24) is 9.97 Å². The molecule has 34 heavy (non-hydrogen) atoms. The Morgan fingerprint density at radius 3 is 2.62 bits per heavy atom. The lowest BCUT2D eigenvalue weighted by Crippen LogP contribution is -2.36. The number of fused-ring (bicyclic) bond motifs is 2. The molecule has 6 nitrogen and oxygen atoms in total. The molecular formula is C26H18ClN5OS. The summed E-state index contributed by atoms with van der Waals surface area (Å²) < 4.78 is 5.61. The first-order valence-corrected chi connectivity index (χ1v) is 11.8. The van der Waals surface area contributed by atoms with Crippen LogP contribution in [0.15, 0.2) is 111 Å². The van der Waals surface area contributed by atoms with Crippen LogP contribution in [0.5, 0.6) is 0 Å².